The molecule has 0 atom stereocenters. The summed E-state index contributed by atoms with van der Waals surface area (Å²) in [5.41, 5.74) is 8.05. The van der Waals surface area contributed by atoms with E-state index in [1.807, 2.05) is 41.4 Å². The summed E-state index contributed by atoms with van der Waals surface area (Å²) in [7, 11) is 0. The second-order valence-corrected chi connectivity index (χ2v) is 4.86. The highest BCUT2D eigenvalue weighted by molar-refractivity contribution is 6.30. The zero-order chi connectivity index (χ0) is 13.2. The Bertz CT molecular complexity index is 622. The maximum absolute atomic E-state index is 5.99. The van der Waals surface area contributed by atoms with Crippen LogP contribution in [0.25, 0.3) is 0 Å². The normalized spacial score (nSPS) is 13.4. The van der Waals surface area contributed by atoms with Gasteiger partial charge in [-0.25, -0.2) is 4.98 Å². The summed E-state index contributed by atoms with van der Waals surface area (Å²) in [6, 6.07) is 7.70. The fourth-order valence-electron chi connectivity index (χ4n) is 1.87. The Morgan fingerprint density at radius 1 is 1.26 bits per heavy atom. The molecule has 0 radical (unpaired) electrons. The lowest BCUT2D eigenvalue weighted by molar-refractivity contribution is 0.922. The Morgan fingerprint density at radius 2 is 2.00 bits per heavy atom. The first-order chi connectivity index (χ1) is 9.22. The van der Waals surface area contributed by atoms with E-state index >= 15 is 0 Å². The van der Waals surface area contributed by atoms with E-state index in [4.69, 9.17) is 17.3 Å². The minimum Gasteiger partial charge on any atom is -0.383 e. The molecular formula is C14H13ClN4. The number of rotatable bonds is 3. The van der Waals surface area contributed by atoms with Gasteiger partial charge in [0.05, 0.1) is 0 Å². The van der Waals surface area contributed by atoms with Crippen LogP contribution in [0.3, 0.4) is 0 Å². The molecule has 5 heteroatoms. The maximum Gasteiger partial charge on any atom is 0.231 e. The van der Waals surface area contributed by atoms with Gasteiger partial charge >= 0.3 is 0 Å². The first kappa shape index (κ1) is 12.0. The second-order valence-electron chi connectivity index (χ2n) is 4.42. The van der Waals surface area contributed by atoms with Crippen molar-refractivity contribution in [3.63, 3.8) is 0 Å². The molecule has 96 valence electrons. The van der Waals surface area contributed by atoms with Crippen LogP contribution in [0, 0.1) is 0 Å². The zero-order valence-electron chi connectivity index (χ0n) is 10.3. The van der Waals surface area contributed by atoms with Crippen molar-refractivity contribution in [1.82, 2.24) is 9.97 Å². The molecule has 1 aliphatic rings. The van der Waals surface area contributed by atoms with Crippen LogP contribution in [0.5, 0.6) is 0 Å². The Hall–Kier alpha value is -2.07. The van der Waals surface area contributed by atoms with Crippen LogP contribution in [-0.4, -0.2) is 16.5 Å². The van der Waals surface area contributed by atoms with Crippen LogP contribution in [-0.2, 0) is 6.42 Å². The summed E-state index contributed by atoms with van der Waals surface area (Å²) in [6.45, 7) is 0.843. The van der Waals surface area contributed by atoms with E-state index in [2.05, 4.69) is 9.97 Å². The number of benzene rings is 1. The highest BCUT2D eigenvalue weighted by Crippen LogP contribution is 2.20. The fraction of sp³-hybridized carbons (Fsp3) is 0.143. The van der Waals surface area contributed by atoms with E-state index < -0.39 is 0 Å². The first-order valence-corrected chi connectivity index (χ1v) is 6.39. The van der Waals surface area contributed by atoms with Crippen LogP contribution in [0.1, 0.15) is 11.1 Å². The number of nitrogens with two attached hydrogens (primary N) is 1. The predicted octanol–water partition coefficient (Wildman–Crippen LogP) is 2.64. The van der Waals surface area contributed by atoms with Crippen molar-refractivity contribution in [3.8, 4) is 0 Å². The van der Waals surface area contributed by atoms with Gasteiger partial charge in [-0.05, 0) is 23.8 Å². The molecule has 2 heterocycles. The van der Waals surface area contributed by atoms with Gasteiger partial charge in [-0.3, -0.25) is 0 Å². The van der Waals surface area contributed by atoms with E-state index in [0.29, 0.717) is 18.2 Å². The molecule has 1 aliphatic heterocycles. The molecule has 0 fully saturated rings. The monoisotopic (exact) mass is 272 g/mol. The average Bonchev–Trinajstić information content (AvgIpc) is 2.33. The molecule has 0 bridgehead atoms. The third-order valence-electron chi connectivity index (χ3n) is 3.04. The summed E-state index contributed by atoms with van der Waals surface area (Å²) in [5.74, 6) is 1.18. The minimum absolute atomic E-state index is 0.528. The van der Waals surface area contributed by atoms with Gasteiger partial charge in [0.15, 0.2) is 0 Å². The molecule has 2 N–H and O–H groups in total. The van der Waals surface area contributed by atoms with Gasteiger partial charge in [-0.15, -0.1) is 0 Å². The summed E-state index contributed by atoms with van der Waals surface area (Å²) >= 11 is 5.86. The molecule has 0 unspecified atom stereocenters. The fourth-order valence-corrected chi connectivity index (χ4v) is 1.99. The molecule has 3 rings (SSSR count). The van der Waals surface area contributed by atoms with Crippen LogP contribution in [0.4, 0.5) is 11.8 Å². The molecule has 0 amide bonds. The number of aromatic nitrogens is 2. The largest absolute Gasteiger partial charge is 0.383 e. The topological polar surface area (TPSA) is 55.0 Å². The number of nitrogens with zero attached hydrogens (tertiary/aromatic N) is 3. The lowest BCUT2D eigenvalue weighted by Crippen LogP contribution is -2.26. The van der Waals surface area contributed by atoms with Gasteiger partial charge in [0, 0.05) is 35.9 Å². The van der Waals surface area contributed by atoms with E-state index in [9.17, 15) is 0 Å². The molecule has 4 nitrogen and oxygen atoms in total. The number of anilines is 2. The summed E-state index contributed by atoms with van der Waals surface area (Å²) in [4.78, 5) is 10.6. The van der Waals surface area contributed by atoms with Crippen LogP contribution >= 0.6 is 11.6 Å². The standard InChI is InChI=1S/C14H13ClN4/c15-12-4-2-10(3-5-12)8-11-9-17-14(18-13(11)16)19-6-1-7-19/h1-6,9H,7-8H2,(H2,16,17,18). The van der Waals surface area contributed by atoms with Crippen molar-refractivity contribution < 1.29 is 0 Å². The van der Waals surface area contributed by atoms with Gasteiger partial charge in [0.2, 0.25) is 5.95 Å². The first-order valence-electron chi connectivity index (χ1n) is 6.01. The lowest BCUT2D eigenvalue weighted by atomic mass is 10.1. The maximum atomic E-state index is 5.99. The van der Waals surface area contributed by atoms with Crippen molar-refractivity contribution in [2.24, 2.45) is 0 Å². The average molecular weight is 273 g/mol. The quantitative estimate of drug-likeness (QED) is 0.933. The molecule has 19 heavy (non-hydrogen) atoms. The third-order valence-corrected chi connectivity index (χ3v) is 3.29. The Morgan fingerprint density at radius 3 is 2.58 bits per heavy atom. The van der Waals surface area contributed by atoms with E-state index in [-0.39, 0.29) is 0 Å². The van der Waals surface area contributed by atoms with Crippen LogP contribution in [0.15, 0.2) is 42.7 Å². The smallest absolute Gasteiger partial charge is 0.231 e. The van der Waals surface area contributed by atoms with Crippen molar-refractivity contribution in [1.29, 1.82) is 0 Å². The molecule has 2 aromatic rings. The van der Waals surface area contributed by atoms with Gasteiger partial charge in [-0.2, -0.15) is 4.98 Å². The Labute approximate surface area is 116 Å². The summed E-state index contributed by atoms with van der Waals surface area (Å²) in [5, 5.41) is 0.730. The van der Waals surface area contributed by atoms with Gasteiger partial charge in [0.1, 0.15) is 5.82 Å². The van der Waals surface area contributed by atoms with Crippen molar-refractivity contribution in [2.75, 3.05) is 17.2 Å². The summed E-state index contributed by atoms with van der Waals surface area (Å²) in [6.07, 6.45) is 6.48. The molecule has 0 aliphatic carbocycles. The molecule has 1 aromatic heterocycles. The second kappa shape index (κ2) is 4.90. The number of halogens is 1. The van der Waals surface area contributed by atoms with Gasteiger partial charge in [-0.1, -0.05) is 23.7 Å². The molecule has 0 saturated carbocycles. The Balaban J connectivity index is 1.81. The van der Waals surface area contributed by atoms with E-state index in [0.717, 1.165) is 22.7 Å². The molecule has 0 spiro atoms. The molecule has 1 aromatic carbocycles. The van der Waals surface area contributed by atoms with Crippen LogP contribution < -0.4 is 10.6 Å². The predicted molar refractivity (Wildman–Crippen MR) is 77.2 cm³/mol. The zero-order valence-corrected chi connectivity index (χ0v) is 11.0. The van der Waals surface area contributed by atoms with Gasteiger partial charge < -0.3 is 10.6 Å². The third kappa shape index (κ3) is 2.53. The van der Waals surface area contributed by atoms with E-state index in [1.165, 1.54) is 0 Å². The number of hydrogen-bond acceptors (Lipinski definition) is 4. The SMILES string of the molecule is Nc1nc(N2C=CC2)ncc1Cc1ccc(Cl)cc1. The van der Waals surface area contributed by atoms with Crippen molar-refractivity contribution in [3.05, 3.63) is 58.9 Å². The lowest BCUT2D eigenvalue weighted by Gasteiger charge is -2.23. The highest BCUT2D eigenvalue weighted by atomic mass is 35.5. The Kier molecular flexibility index (Phi) is 3.09. The molecule has 0 saturated heterocycles. The van der Waals surface area contributed by atoms with Crippen LogP contribution in [0.2, 0.25) is 5.02 Å². The van der Waals surface area contributed by atoms with Crippen molar-refractivity contribution in [2.45, 2.75) is 6.42 Å². The van der Waals surface area contributed by atoms with Crippen molar-refractivity contribution >= 4 is 23.4 Å². The summed E-state index contributed by atoms with van der Waals surface area (Å²) < 4.78 is 0. The minimum atomic E-state index is 0.528. The molecular weight excluding hydrogens is 260 g/mol. The van der Waals surface area contributed by atoms with Gasteiger partial charge in [0.25, 0.3) is 0 Å². The van der Waals surface area contributed by atoms with E-state index in [1.54, 1.807) is 6.20 Å². The number of nitrogen functional groups attached to an aromatic ring is 1. The number of hydrogen-bond donors (Lipinski definition) is 1. The highest BCUT2D eigenvalue weighted by Gasteiger charge is 2.12.